The molecule has 15 heavy (non-hydrogen) atoms. The van der Waals surface area contributed by atoms with E-state index in [0.717, 1.165) is 0 Å². The quantitative estimate of drug-likeness (QED) is 0.787. The number of rotatable bonds is 5. The van der Waals surface area contributed by atoms with Crippen molar-refractivity contribution < 1.29 is 13.9 Å². The summed E-state index contributed by atoms with van der Waals surface area (Å²) in [4.78, 5) is 11.5. The molecular weight excluding hydrogens is 197 g/mol. The predicted molar refractivity (Wildman–Crippen MR) is 55.0 cm³/mol. The number of carbonyl (C=O) groups is 1. The monoisotopic (exact) mass is 211 g/mol. The van der Waals surface area contributed by atoms with Crippen molar-refractivity contribution in [2.45, 2.75) is 12.5 Å². The zero-order valence-electron chi connectivity index (χ0n) is 8.57. The largest absolute Gasteiger partial charge is 0.383 e. The summed E-state index contributed by atoms with van der Waals surface area (Å²) in [6.07, 6.45) is 0.141. The zero-order chi connectivity index (χ0) is 11.3. The van der Waals surface area contributed by atoms with Gasteiger partial charge in [0.2, 0.25) is 0 Å². The minimum atomic E-state index is -0.640. The molecule has 2 N–H and O–H groups in total. The molecule has 3 nitrogen and oxygen atoms in total. The molecule has 0 saturated carbocycles. The Morgan fingerprint density at radius 2 is 2.33 bits per heavy atom. The van der Waals surface area contributed by atoms with Crippen LogP contribution in [-0.4, -0.2) is 25.5 Å². The second-order valence-electron chi connectivity index (χ2n) is 3.33. The molecule has 0 aliphatic rings. The average Bonchev–Trinajstić information content (AvgIpc) is 2.18. The van der Waals surface area contributed by atoms with Crippen molar-refractivity contribution in [2.24, 2.45) is 5.73 Å². The van der Waals surface area contributed by atoms with Crippen LogP contribution in [0.3, 0.4) is 0 Å². The molecule has 0 fully saturated rings. The summed E-state index contributed by atoms with van der Waals surface area (Å²) < 4.78 is 17.6. The van der Waals surface area contributed by atoms with Crippen molar-refractivity contribution in [2.75, 3.05) is 13.7 Å². The summed E-state index contributed by atoms with van der Waals surface area (Å²) in [6, 6.07) is 5.29. The molecule has 1 unspecified atom stereocenters. The van der Waals surface area contributed by atoms with Gasteiger partial charge < -0.3 is 10.5 Å². The van der Waals surface area contributed by atoms with Crippen LogP contribution in [0.2, 0.25) is 0 Å². The number of methoxy groups -OCH3 is 1. The van der Waals surface area contributed by atoms with Crippen LogP contribution in [0, 0.1) is 5.82 Å². The van der Waals surface area contributed by atoms with E-state index in [1.54, 1.807) is 12.1 Å². The van der Waals surface area contributed by atoms with Gasteiger partial charge >= 0.3 is 0 Å². The second-order valence-corrected chi connectivity index (χ2v) is 3.33. The number of ketones is 1. The third kappa shape index (κ3) is 3.77. The molecule has 0 aliphatic carbocycles. The van der Waals surface area contributed by atoms with Crippen molar-refractivity contribution >= 4 is 5.78 Å². The first-order chi connectivity index (χ1) is 7.13. The molecule has 0 bridgehead atoms. The Morgan fingerprint density at radius 1 is 1.60 bits per heavy atom. The number of halogens is 1. The number of benzene rings is 1. The SMILES string of the molecule is COCC(N)C(=O)Cc1cccc(F)c1. The Bertz CT molecular complexity index is 341. The molecular formula is C11H14FNO2. The Hall–Kier alpha value is -1.26. The molecule has 0 aliphatic heterocycles. The fourth-order valence-electron chi connectivity index (χ4n) is 1.25. The highest BCUT2D eigenvalue weighted by Gasteiger charge is 2.13. The van der Waals surface area contributed by atoms with Crippen molar-refractivity contribution in [3.05, 3.63) is 35.6 Å². The fourth-order valence-corrected chi connectivity index (χ4v) is 1.25. The Kier molecular flexibility index (Phi) is 4.39. The lowest BCUT2D eigenvalue weighted by Crippen LogP contribution is -2.35. The topological polar surface area (TPSA) is 52.3 Å². The first kappa shape index (κ1) is 11.8. The molecule has 1 aromatic rings. The molecule has 0 aromatic heterocycles. The predicted octanol–water partition coefficient (Wildman–Crippen LogP) is 0.911. The maximum absolute atomic E-state index is 12.8. The van der Waals surface area contributed by atoms with Gasteiger partial charge in [-0.15, -0.1) is 0 Å². The van der Waals surface area contributed by atoms with Gasteiger partial charge in [-0.05, 0) is 17.7 Å². The molecule has 0 spiro atoms. The van der Waals surface area contributed by atoms with E-state index in [-0.39, 0.29) is 24.6 Å². The van der Waals surface area contributed by atoms with E-state index in [0.29, 0.717) is 5.56 Å². The van der Waals surface area contributed by atoms with Gasteiger partial charge in [0.05, 0.1) is 12.6 Å². The summed E-state index contributed by atoms with van der Waals surface area (Å²) in [5.41, 5.74) is 6.18. The second kappa shape index (κ2) is 5.58. The Balaban J connectivity index is 2.58. The number of ether oxygens (including phenoxy) is 1. The Labute approximate surface area is 88.0 Å². The molecule has 82 valence electrons. The van der Waals surface area contributed by atoms with Crippen LogP contribution in [0.5, 0.6) is 0 Å². The average molecular weight is 211 g/mol. The summed E-state index contributed by atoms with van der Waals surface area (Å²) >= 11 is 0. The minimum absolute atomic E-state index is 0.141. The van der Waals surface area contributed by atoms with Crippen LogP contribution in [0.15, 0.2) is 24.3 Å². The summed E-state index contributed by atoms with van der Waals surface area (Å²) in [5.74, 6) is -0.497. The molecule has 1 atom stereocenters. The number of Topliss-reactive ketones (excluding diaryl/α,β-unsaturated/α-hetero) is 1. The van der Waals surface area contributed by atoms with Gasteiger partial charge in [-0.3, -0.25) is 4.79 Å². The molecule has 1 aromatic carbocycles. The summed E-state index contributed by atoms with van der Waals surface area (Å²) in [5, 5.41) is 0. The minimum Gasteiger partial charge on any atom is -0.383 e. The first-order valence-corrected chi connectivity index (χ1v) is 4.65. The van der Waals surface area contributed by atoms with Gasteiger partial charge in [0.15, 0.2) is 5.78 Å². The maximum Gasteiger partial charge on any atom is 0.156 e. The van der Waals surface area contributed by atoms with Crippen molar-refractivity contribution in [3.8, 4) is 0 Å². The van der Waals surface area contributed by atoms with E-state index < -0.39 is 6.04 Å². The van der Waals surface area contributed by atoms with E-state index in [4.69, 9.17) is 10.5 Å². The van der Waals surface area contributed by atoms with Crippen LogP contribution < -0.4 is 5.73 Å². The van der Waals surface area contributed by atoms with Gasteiger partial charge in [-0.1, -0.05) is 12.1 Å². The van der Waals surface area contributed by atoms with Crippen LogP contribution in [0.4, 0.5) is 4.39 Å². The lowest BCUT2D eigenvalue weighted by atomic mass is 10.0. The van der Waals surface area contributed by atoms with E-state index in [1.165, 1.54) is 19.2 Å². The van der Waals surface area contributed by atoms with Crippen LogP contribution in [0.1, 0.15) is 5.56 Å². The molecule has 4 heteroatoms. The zero-order valence-corrected chi connectivity index (χ0v) is 8.57. The molecule has 1 rings (SSSR count). The molecule has 0 heterocycles. The summed E-state index contributed by atoms with van der Waals surface area (Å²) in [6.45, 7) is 0.189. The first-order valence-electron chi connectivity index (χ1n) is 4.65. The van der Waals surface area contributed by atoms with Crippen molar-refractivity contribution in [1.29, 1.82) is 0 Å². The number of hydrogen-bond acceptors (Lipinski definition) is 3. The van der Waals surface area contributed by atoms with Crippen molar-refractivity contribution in [1.82, 2.24) is 0 Å². The fraction of sp³-hybridized carbons (Fsp3) is 0.364. The van der Waals surface area contributed by atoms with E-state index >= 15 is 0 Å². The lowest BCUT2D eigenvalue weighted by Gasteiger charge is -2.08. The van der Waals surface area contributed by atoms with Gasteiger partial charge in [-0.25, -0.2) is 4.39 Å². The lowest BCUT2D eigenvalue weighted by molar-refractivity contribution is -0.120. The van der Waals surface area contributed by atoms with Gasteiger partial charge in [0.1, 0.15) is 5.82 Å². The highest BCUT2D eigenvalue weighted by atomic mass is 19.1. The standard InChI is InChI=1S/C11H14FNO2/c1-15-7-10(13)11(14)6-8-3-2-4-9(12)5-8/h2-5,10H,6-7,13H2,1H3. The number of hydrogen-bond donors (Lipinski definition) is 1. The Morgan fingerprint density at radius 3 is 2.93 bits per heavy atom. The highest BCUT2D eigenvalue weighted by molar-refractivity contribution is 5.85. The number of nitrogens with two attached hydrogens (primary N) is 1. The third-order valence-electron chi connectivity index (χ3n) is 2.03. The van der Waals surface area contributed by atoms with Gasteiger partial charge in [0, 0.05) is 13.5 Å². The van der Waals surface area contributed by atoms with E-state index in [9.17, 15) is 9.18 Å². The summed E-state index contributed by atoms with van der Waals surface area (Å²) in [7, 11) is 1.48. The highest BCUT2D eigenvalue weighted by Crippen LogP contribution is 2.05. The van der Waals surface area contributed by atoms with Crippen molar-refractivity contribution in [3.63, 3.8) is 0 Å². The third-order valence-corrected chi connectivity index (χ3v) is 2.03. The van der Waals surface area contributed by atoms with Crippen LogP contribution in [-0.2, 0) is 16.0 Å². The number of carbonyl (C=O) groups excluding carboxylic acids is 1. The van der Waals surface area contributed by atoms with Crippen LogP contribution in [0.25, 0.3) is 0 Å². The van der Waals surface area contributed by atoms with Gasteiger partial charge in [0.25, 0.3) is 0 Å². The smallest absolute Gasteiger partial charge is 0.156 e. The van der Waals surface area contributed by atoms with Gasteiger partial charge in [-0.2, -0.15) is 0 Å². The normalized spacial score (nSPS) is 12.5. The van der Waals surface area contributed by atoms with Crippen LogP contribution >= 0.6 is 0 Å². The van der Waals surface area contributed by atoms with E-state index in [1.807, 2.05) is 0 Å². The molecule has 0 amide bonds. The van der Waals surface area contributed by atoms with E-state index in [2.05, 4.69) is 0 Å². The maximum atomic E-state index is 12.8. The molecule has 0 saturated heterocycles. The molecule has 0 radical (unpaired) electrons.